The van der Waals surface area contributed by atoms with Gasteiger partial charge in [-0.1, -0.05) is 133 Å². The summed E-state index contributed by atoms with van der Waals surface area (Å²) < 4.78 is 12.1. The molecule has 0 fully saturated rings. The Morgan fingerprint density at radius 1 is 0.355 bits per heavy atom. The zero-order valence-corrected chi connectivity index (χ0v) is 37.0. The van der Waals surface area contributed by atoms with Crippen LogP contribution in [0.3, 0.4) is 0 Å². The zero-order chi connectivity index (χ0) is 43.4. The molecule has 0 atom stereocenters. The normalized spacial score (nSPS) is 11.4. The maximum atomic E-state index is 6.07. The highest BCUT2D eigenvalue weighted by Gasteiger charge is 2.21. The van der Waals surface area contributed by atoms with Gasteiger partial charge in [0.2, 0.25) is 0 Å². The predicted octanol–water partition coefficient (Wildman–Crippen LogP) is 15.8. The molecule has 0 N–H and O–H groups in total. The fourth-order valence-electron chi connectivity index (χ4n) is 7.87. The standard InChI is InChI=1S/C58H54N2O2/c1-57(2,3)47-23-31-51(32-24-47)59(49-27-19-43(20-28-49)41-15-11-9-12-16-41)53-35-45(37-55(39-53)61-7)46-36-54(40-56(38-46)62-8)60(52-33-25-48(26-34-52)58(4,5)6)50-29-21-44(22-30-50)42-17-13-10-14-18-42/h9,11-13,15-40H,1-8H3. The molecular formula is C58H54N2O2. The van der Waals surface area contributed by atoms with Crippen molar-refractivity contribution < 1.29 is 9.47 Å². The number of rotatable bonds is 11. The van der Waals surface area contributed by atoms with Gasteiger partial charge in [0.05, 0.1) is 25.6 Å². The van der Waals surface area contributed by atoms with Crippen LogP contribution in [0.2, 0.25) is 0 Å². The van der Waals surface area contributed by atoms with Crippen LogP contribution in [0, 0.1) is 12.1 Å². The van der Waals surface area contributed by atoms with Gasteiger partial charge < -0.3 is 19.3 Å². The van der Waals surface area contributed by atoms with Crippen molar-refractivity contribution in [3.8, 4) is 44.9 Å². The fraction of sp³-hybridized carbons (Fsp3) is 0.172. The van der Waals surface area contributed by atoms with Crippen molar-refractivity contribution in [1.82, 2.24) is 0 Å². The van der Waals surface area contributed by atoms with Crippen molar-refractivity contribution >= 4 is 34.1 Å². The smallest absolute Gasteiger partial charge is 0.121 e. The lowest BCUT2D eigenvalue weighted by atomic mass is 9.87. The number of nitrogens with zero attached hydrogens (tertiary/aromatic N) is 2. The van der Waals surface area contributed by atoms with Crippen molar-refractivity contribution in [3.63, 3.8) is 0 Å². The molecule has 0 aliphatic rings. The molecular weight excluding hydrogens is 757 g/mol. The molecule has 8 rings (SSSR count). The van der Waals surface area contributed by atoms with Crippen LogP contribution in [0.15, 0.2) is 182 Å². The Morgan fingerprint density at radius 3 is 1.11 bits per heavy atom. The van der Waals surface area contributed by atoms with E-state index in [0.29, 0.717) is 0 Å². The Hall–Kier alpha value is -7.22. The van der Waals surface area contributed by atoms with Crippen LogP contribution in [-0.2, 0) is 10.8 Å². The molecule has 0 amide bonds. The maximum absolute atomic E-state index is 6.07. The molecule has 62 heavy (non-hydrogen) atoms. The molecule has 0 saturated carbocycles. The van der Waals surface area contributed by atoms with Crippen molar-refractivity contribution in [3.05, 3.63) is 205 Å². The van der Waals surface area contributed by atoms with Crippen molar-refractivity contribution in [2.75, 3.05) is 24.0 Å². The number of hydrogen-bond donors (Lipinski definition) is 0. The van der Waals surface area contributed by atoms with Crippen molar-refractivity contribution in [2.45, 2.75) is 52.4 Å². The van der Waals surface area contributed by atoms with E-state index in [2.05, 4.69) is 233 Å². The van der Waals surface area contributed by atoms with Crippen LogP contribution in [0.25, 0.3) is 33.4 Å². The number of anilines is 6. The minimum Gasteiger partial charge on any atom is -0.497 e. The lowest BCUT2D eigenvalue weighted by Crippen LogP contribution is -2.13. The minimum absolute atomic E-state index is 0.0226. The van der Waals surface area contributed by atoms with E-state index in [0.717, 1.165) is 73.4 Å². The van der Waals surface area contributed by atoms with E-state index < -0.39 is 0 Å². The molecule has 4 nitrogen and oxygen atoms in total. The molecule has 0 aromatic heterocycles. The number of methoxy groups -OCH3 is 2. The average Bonchev–Trinajstić information content (AvgIpc) is 3.30. The first-order valence-corrected chi connectivity index (χ1v) is 21.2. The molecule has 0 bridgehead atoms. The number of hydrogen-bond acceptors (Lipinski definition) is 4. The molecule has 0 saturated heterocycles. The Morgan fingerprint density at radius 2 is 0.742 bits per heavy atom. The maximum Gasteiger partial charge on any atom is 0.121 e. The molecule has 0 spiro atoms. The van der Waals surface area contributed by atoms with Crippen LogP contribution in [0.5, 0.6) is 11.5 Å². The summed E-state index contributed by atoms with van der Waals surface area (Å²) in [6, 6.07) is 70.7. The highest BCUT2D eigenvalue weighted by atomic mass is 16.5. The summed E-state index contributed by atoms with van der Waals surface area (Å²) in [5, 5.41) is 0. The molecule has 0 heterocycles. The summed E-state index contributed by atoms with van der Waals surface area (Å²) in [6.07, 6.45) is 0. The van der Waals surface area contributed by atoms with Crippen LogP contribution in [0.4, 0.5) is 34.1 Å². The summed E-state index contributed by atoms with van der Waals surface area (Å²) in [4.78, 5) is 4.60. The van der Waals surface area contributed by atoms with E-state index in [4.69, 9.17) is 9.47 Å². The van der Waals surface area contributed by atoms with Gasteiger partial charge >= 0.3 is 0 Å². The van der Waals surface area contributed by atoms with Gasteiger partial charge in [0.15, 0.2) is 0 Å². The predicted molar refractivity (Wildman–Crippen MR) is 260 cm³/mol. The summed E-state index contributed by atoms with van der Waals surface area (Å²) in [5.74, 6) is 1.50. The molecule has 8 aromatic rings. The van der Waals surface area contributed by atoms with Gasteiger partial charge in [0.25, 0.3) is 0 Å². The van der Waals surface area contributed by atoms with E-state index in [-0.39, 0.29) is 10.8 Å². The minimum atomic E-state index is 0.0226. The fourth-order valence-corrected chi connectivity index (χ4v) is 7.87. The third kappa shape index (κ3) is 9.09. The topological polar surface area (TPSA) is 24.9 Å². The van der Waals surface area contributed by atoms with Gasteiger partial charge in [-0.3, -0.25) is 0 Å². The van der Waals surface area contributed by atoms with Gasteiger partial charge in [-0.2, -0.15) is 0 Å². The molecule has 4 heteroatoms. The first-order chi connectivity index (χ1) is 29.9. The zero-order valence-electron chi connectivity index (χ0n) is 37.0. The Bertz CT molecular complexity index is 2530. The summed E-state index contributed by atoms with van der Waals surface area (Å²) >= 11 is 0. The van der Waals surface area contributed by atoms with E-state index in [9.17, 15) is 0 Å². The monoisotopic (exact) mass is 810 g/mol. The number of benzene rings is 7. The van der Waals surface area contributed by atoms with Crippen LogP contribution in [0.1, 0.15) is 52.7 Å². The average molecular weight is 811 g/mol. The van der Waals surface area contributed by atoms with E-state index >= 15 is 0 Å². The second-order valence-electron chi connectivity index (χ2n) is 17.8. The Labute approximate surface area is 368 Å². The van der Waals surface area contributed by atoms with Gasteiger partial charge in [-0.25, -0.2) is 0 Å². The van der Waals surface area contributed by atoms with Gasteiger partial charge in [-0.05, 0) is 146 Å². The van der Waals surface area contributed by atoms with Crippen molar-refractivity contribution in [1.29, 1.82) is 0 Å². The lowest BCUT2D eigenvalue weighted by Gasteiger charge is -2.29. The molecule has 8 aromatic carbocycles. The summed E-state index contributed by atoms with van der Waals surface area (Å²) in [6.45, 7) is 13.5. The van der Waals surface area contributed by atoms with Crippen LogP contribution >= 0.6 is 0 Å². The summed E-state index contributed by atoms with van der Waals surface area (Å²) in [7, 11) is 3.46. The largest absolute Gasteiger partial charge is 0.497 e. The second-order valence-corrected chi connectivity index (χ2v) is 17.8. The van der Waals surface area contributed by atoms with Gasteiger partial charge in [0, 0.05) is 34.9 Å². The highest BCUT2D eigenvalue weighted by molar-refractivity contribution is 5.86. The first-order valence-electron chi connectivity index (χ1n) is 21.2. The third-order valence-electron chi connectivity index (χ3n) is 11.4. The SMILES string of the molecule is COc1cc(-c2cc(OC)cc(N(c3ccc(-c4ccccc4)cc3)c3ccc(C(C)(C)C)cc3)c2)cc(N(c2ccc(-c3cc#ccc3)cc2)c2ccc(C(C)(C)C)cc2)c1. The molecule has 0 aliphatic carbocycles. The van der Waals surface area contributed by atoms with E-state index in [1.54, 1.807) is 14.2 Å². The van der Waals surface area contributed by atoms with Crippen molar-refractivity contribution in [2.24, 2.45) is 0 Å². The highest BCUT2D eigenvalue weighted by Crippen LogP contribution is 2.44. The molecule has 0 aliphatic heterocycles. The quantitative estimate of drug-likeness (QED) is 0.130. The molecule has 308 valence electrons. The number of ether oxygens (including phenoxy) is 2. The molecule has 0 unspecified atom stereocenters. The van der Waals surface area contributed by atoms with Crippen LogP contribution < -0.4 is 19.3 Å². The first kappa shape index (κ1) is 41.5. The summed E-state index contributed by atoms with van der Waals surface area (Å²) in [5.41, 5.74) is 15.2. The lowest BCUT2D eigenvalue weighted by molar-refractivity contribution is 0.414. The Balaban J connectivity index is 1.26. The van der Waals surface area contributed by atoms with Gasteiger partial charge in [0.1, 0.15) is 11.5 Å². The second kappa shape index (κ2) is 17.4. The van der Waals surface area contributed by atoms with Crippen LogP contribution in [-0.4, -0.2) is 14.2 Å². The van der Waals surface area contributed by atoms with E-state index in [1.165, 1.54) is 16.7 Å². The third-order valence-corrected chi connectivity index (χ3v) is 11.4. The van der Waals surface area contributed by atoms with Gasteiger partial charge in [-0.15, -0.1) is 0 Å². The molecule has 0 radical (unpaired) electrons. The Kier molecular flexibility index (Phi) is 11.7. The van der Waals surface area contributed by atoms with E-state index in [1.807, 2.05) is 12.1 Å².